The van der Waals surface area contributed by atoms with Gasteiger partial charge in [-0.1, -0.05) is 12.1 Å². The normalized spacial score (nSPS) is 16.0. The molecule has 1 saturated heterocycles. The van der Waals surface area contributed by atoms with Crippen molar-refractivity contribution in [1.29, 1.82) is 0 Å². The van der Waals surface area contributed by atoms with Crippen LogP contribution in [0.1, 0.15) is 17.5 Å². The van der Waals surface area contributed by atoms with E-state index in [4.69, 9.17) is 14.6 Å². The minimum atomic E-state index is -4.99. The van der Waals surface area contributed by atoms with Crippen LogP contribution in [0.5, 0.6) is 5.75 Å². The van der Waals surface area contributed by atoms with E-state index in [1.165, 1.54) is 24.3 Å². The average Bonchev–Trinajstić information content (AvgIpc) is 3.14. The summed E-state index contributed by atoms with van der Waals surface area (Å²) in [4.78, 5) is 21.5. The molecule has 0 aliphatic carbocycles. The maximum absolute atomic E-state index is 14.0. The fraction of sp³-hybridized carbons (Fsp3) is 0.333. The Morgan fingerprint density at radius 2 is 2.00 bits per heavy atom. The second-order valence-corrected chi connectivity index (χ2v) is 7.95. The van der Waals surface area contributed by atoms with Crippen molar-refractivity contribution in [3.63, 3.8) is 0 Å². The quantitative estimate of drug-likeness (QED) is 0.382. The molecule has 1 fully saturated rings. The fourth-order valence-corrected chi connectivity index (χ4v) is 3.52. The smallest absolute Gasteiger partial charge is 0.471 e. The number of carbonyl (C=O) groups excluding carboxylic acids is 1. The third-order valence-corrected chi connectivity index (χ3v) is 5.19. The van der Waals surface area contributed by atoms with Gasteiger partial charge in [-0.15, -0.1) is 0 Å². The number of amides is 1. The number of carbonyl (C=O) groups is 2. The Morgan fingerprint density at radius 1 is 1.30 bits per heavy atom. The van der Waals surface area contributed by atoms with Crippen LogP contribution in [-0.2, 0) is 22.7 Å². The number of rotatable bonds is 6. The highest BCUT2D eigenvalue weighted by molar-refractivity contribution is 9.10. The molecule has 1 aliphatic rings. The van der Waals surface area contributed by atoms with E-state index in [9.17, 15) is 27.5 Å². The molecule has 0 radical (unpaired) electrons. The summed E-state index contributed by atoms with van der Waals surface area (Å²) in [5, 5.41) is 18.4. The zero-order chi connectivity index (χ0) is 24.6. The zero-order valence-corrected chi connectivity index (χ0v) is 18.7. The van der Waals surface area contributed by atoms with Crippen LogP contribution in [0.2, 0.25) is 0 Å². The van der Waals surface area contributed by atoms with Gasteiger partial charge in [-0.05, 0) is 46.1 Å². The third-order valence-electron chi connectivity index (χ3n) is 4.58. The number of β-amino-alcohol motifs (C(OH)–C–C–N with tert-alkyl or cyclic N) is 1. The molecule has 3 N–H and O–H groups in total. The molecule has 1 aliphatic heterocycles. The summed E-state index contributed by atoms with van der Waals surface area (Å²) in [6.45, 7) is 1.38. The molecule has 2 aromatic rings. The molecule has 33 heavy (non-hydrogen) atoms. The number of carboxylic acid groups (broad SMARTS) is 1. The summed E-state index contributed by atoms with van der Waals surface area (Å²) in [5.74, 6) is -2.28. The Labute approximate surface area is 195 Å². The van der Waals surface area contributed by atoms with E-state index in [1.807, 2.05) is 4.90 Å². The first-order valence-corrected chi connectivity index (χ1v) is 10.4. The summed E-state index contributed by atoms with van der Waals surface area (Å²) < 4.78 is 57.3. The number of hydrogen-bond donors (Lipinski definition) is 3. The van der Waals surface area contributed by atoms with Crippen LogP contribution in [0.25, 0.3) is 0 Å². The minimum absolute atomic E-state index is 0.0216. The van der Waals surface area contributed by atoms with Crippen molar-refractivity contribution in [1.82, 2.24) is 4.90 Å². The van der Waals surface area contributed by atoms with Crippen molar-refractivity contribution >= 4 is 34.0 Å². The van der Waals surface area contributed by atoms with Gasteiger partial charge < -0.3 is 20.3 Å². The van der Waals surface area contributed by atoms with E-state index in [0.717, 1.165) is 0 Å². The van der Waals surface area contributed by atoms with E-state index in [0.29, 0.717) is 42.9 Å². The highest BCUT2D eigenvalue weighted by atomic mass is 79.9. The fourth-order valence-electron chi connectivity index (χ4n) is 3.13. The molecule has 12 heteroatoms. The molecule has 0 saturated carbocycles. The van der Waals surface area contributed by atoms with Gasteiger partial charge in [-0.3, -0.25) is 14.5 Å². The number of aliphatic hydroxyl groups excluding tert-OH is 1. The van der Waals surface area contributed by atoms with Crippen molar-refractivity contribution < 1.29 is 42.1 Å². The van der Waals surface area contributed by atoms with Crippen LogP contribution in [0, 0.1) is 5.82 Å². The van der Waals surface area contributed by atoms with Crippen LogP contribution < -0.4 is 10.1 Å². The number of nitrogens with one attached hydrogen (secondary N) is 1. The van der Waals surface area contributed by atoms with Crippen LogP contribution in [-0.4, -0.2) is 52.9 Å². The number of halogens is 5. The lowest BCUT2D eigenvalue weighted by Gasteiger charge is -2.19. The molecule has 0 spiro atoms. The van der Waals surface area contributed by atoms with Crippen LogP contribution in [0.15, 0.2) is 40.9 Å². The molecule has 180 valence electrons. The van der Waals surface area contributed by atoms with Crippen molar-refractivity contribution in [2.45, 2.75) is 31.9 Å². The first kappa shape index (κ1) is 26.6. The number of aliphatic hydroxyl groups is 1. The molecule has 0 aromatic heterocycles. The van der Waals surface area contributed by atoms with Gasteiger partial charge in [0.05, 0.1) is 10.6 Å². The number of alkyl halides is 3. The van der Waals surface area contributed by atoms with Gasteiger partial charge >= 0.3 is 12.1 Å². The standard InChI is InChI=1S/C20H19BrF4N2O3.CH2O2/c21-16-7-13(9-27-5-4-15(28)10-27)18(8-17(16)22)30-11-12-2-1-3-14(6-12)26-19(29)20(23,24)25;2-1-3/h1-3,6-8,15,28H,4-5,9-11H2,(H,26,29);1H,(H,2,3)/t15-;/m0./s1. The number of nitrogens with zero attached hydrogens (tertiary/aromatic N) is 1. The summed E-state index contributed by atoms with van der Waals surface area (Å²) in [6.07, 6.45) is -4.72. The van der Waals surface area contributed by atoms with Gasteiger partial charge in [0.15, 0.2) is 0 Å². The summed E-state index contributed by atoms with van der Waals surface area (Å²) >= 11 is 3.16. The lowest BCUT2D eigenvalue weighted by atomic mass is 10.1. The molecule has 7 nitrogen and oxygen atoms in total. The van der Waals surface area contributed by atoms with E-state index in [1.54, 1.807) is 17.4 Å². The number of likely N-dealkylation sites (tertiary alicyclic amines) is 1. The van der Waals surface area contributed by atoms with E-state index >= 15 is 0 Å². The van der Waals surface area contributed by atoms with Crippen molar-refractivity contribution in [3.05, 3.63) is 57.8 Å². The van der Waals surface area contributed by atoms with Gasteiger partial charge in [0.2, 0.25) is 0 Å². The Kier molecular flexibility index (Phi) is 9.62. The molecule has 0 bridgehead atoms. The number of anilines is 1. The summed E-state index contributed by atoms with van der Waals surface area (Å²) in [6, 6.07) is 8.64. The lowest BCUT2D eigenvalue weighted by Crippen LogP contribution is -2.29. The first-order valence-electron chi connectivity index (χ1n) is 9.59. The maximum atomic E-state index is 14.0. The van der Waals surface area contributed by atoms with Gasteiger partial charge in [0.25, 0.3) is 6.47 Å². The number of hydrogen-bond acceptors (Lipinski definition) is 5. The SMILES string of the molecule is O=C(Nc1cccc(COc2cc(F)c(Br)cc2CN2CC[C@H](O)C2)c1)C(F)(F)F.O=CO. The molecule has 1 heterocycles. The Balaban J connectivity index is 0.00000122. The molecular weight excluding hydrogens is 516 g/mol. The Bertz CT molecular complexity index is 974. The van der Waals surface area contributed by atoms with Gasteiger partial charge in [0, 0.05) is 37.0 Å². The number of benzene rings is 2. The topological polar surface area (TPSA) is 99.1 Å². The number of ether oxygens (including phenoxy) is 1. The Hall–Kier alpha value is -2.70. The first-order chi connectivity index (χ1) is 15.5. The van der Waals surface area contributed by atoms with Crippen molar-refractivity contribution in [3.8, 4) is 5.75 Å². The van der Waals surface area contributed by atoms with E-state index in [2.05, 4.69) is 15.9 Å². The van der Waals surface area contributed by atoms with Crippen LogP contribution >= 0.6 is 15.9 Å². The molecule has 0 unspecified atom stereocenters. The maximum Gasteiger partial charge on any atom is 0.471 e. The second-order valence-electron chi connectivity index (χ2n) is 7.10. The molecule has 2 aromatic carbocycles. The monoisotopic (exact) mass is 536 g/mol. The van der Waals surface area contributed by atoms with Crippen molar-refractivity contribution in [2.24, 2.45) is 0 Å². The summed E-state index contributed by atoms with van der Waals surface area (Å²) in [5.41, 5.74) is 1.19. The second kappa shape index (κ2) is 12.0. The highest BCUT2D eigenvalue weighted by Crippen LogP contribution is 2.29. The predicted octanol–water partition coefficient (Wildman–Crippen LogP) is 3.94. The predicted molar refractivity (Wildman–Crippen MR) is 114 cm³/mol. The van der Waals surface area contributed by atoms with Gasteiger partial charge in [0.1, 0.15) is 18.2 Å². The van der Waals surface area contributed by atoms with Gasteiger partial charge in [-0.25, -0.2) is 4.39 Å². The molecule has 3 rings (SSSR count). The minimum Gasteiger partial charge on any atom is -0.488 e. The molecular formula is C21H21BrF4N2O5. The largest absolute Gasteiger partial charge is 0.488 e. The highest BCUT2D eigenvalue weighted by Gasteiger charge is 2.38. The van der Waals surface area contributed by atoms with E-state index in [-0.39, 0.29) is 23.2 Å². The van der Waals surface area contributed by atoms with Crippen LogP contribution in [0.4, 0.5) is 23.2 Å². The molecule has 1 atom stereocenters. The third kappa shape index (κ3) is 8.30. The van der Waals surface area contributed by atoms with Crippen LogP contribution in [0.3, 0.4) is 0 Å². The average molecular weight is 537 g/mol. The van der Waals surface area contributed by atoms with Crippen molar-refractivity contribution in [2.75, 3.05) is 18.4 Å². The van der Waals surface area contributed by atoms with E-state index < -0.39 is 24.0 Å². The zero-order valence-electron chi connectivity index (χ0n) is 17.1. The molecule has 1 amide bonds. The summed E-state index contributed by atoms with van der Waals surface area (Å²) in [7, 11) is 0. The van der Waals surface area contributed by atoms with Gasteiger partial charge in [-0.2, -0.15) is 13.2 Å². The lowest BCUT2D eigenvalue weighted by molar-refractivity contribution is -0.167. The Morgan fingerprint density at radius 3 is 2.61 bits per heavy atom.